The van der Waals surface area contributed by atoms with Crippen molar-refractivity contribution < 1.29 is 9.90 Å². The van der Waals surface area contributed by atoms with Gasteiger partial charge in [0.15, 0.2) is 0 Å². The second-order valence-electron chi connectivity index (χ2n) is 5.02. The third-order valence-corrected chi connectivity index (χ3v) is 3.59. The Morgan fingerprint density at radius 2 is 2.06 bits per heavy atom. The Bertz CT molecular complexity index is 383. The first-order valence-electron chi connectivity index (χ1n) is 6.72. The maximum absolute atomic E-state index is 12.3. The molecule has 1 aliphatic rings. The van der Waals surface area contributed by atoms with E-state index in [4.69, 9.17) is 5.11 Å². The van der Waals surface area contributed by atoms with Gasteiger partial charge in [0.25, 0.3) is 0 Å². The van der Waals surface area contributed by atoms with Crippen molar-refractivity contribution in [1.29, 1.82) is 0 Å². The van der Waals surface area contributed by atoms with Crippen LogP contribution >= 0.6 is 0 Å². The average molecular weight is 247 g/mol. The third-order valence-electron chi connectivity index (χ3n) is 3.59. The Morgan fingerprint density at radius 1 is 1.39 bits per heavy atom. The molecule has 0 aliphatic heterocycles. The Balaban J connectivity index is 2.08. The summed E-state index contributed by atoms with van der Waals surface area (Å²) in [6.07, 6.45) is 3.01. The van der Waals surface area contributed by atoms with Crippen LogP contribution in [-0.4, -0.2) is 23.7 Å². The fraction of sp³-hybridized carbons (Fsp3) is 0.533. The van der Waals surface area contributed by atoms with Crippen LogP contribution in [-0.2, 0) is 4.79 Å². The number of hydrogen-bond acceptors (Lipinski definition) is 2. The lowest BCUT2D eigenvalue weighted by atomic mass is 9.93. The number of carbonyl (C=O) groups excluding carboxylic acids is 1. The van der Waals surface area contributed by atoms with Gasteiger partial charge in [0.05, 0.1) is 18.6 Å². The first-order chi connectivity index (χ1) is 8.76. The number of aliphatic hydroxyl groups excluding tert-OH is 1. The summed E-state index contributed by atoms with van der Waals surface area (Å²) < 4.78 is 0. The minimum absolute atomic E-state index is 0.00835. The molecule has 0 heterocycles. The summed E-state index contributed by atoms with van der Waals surface area (Å²) in [5.74, 6) is 0.486. The molecule has 1 amide bonds. The molecule has 3 nitrogen and oxygen atoms in total. The van der Waals surface area contributed by atoms with Gasteiger partial charge in [-0.15, -0.1) is 0 Å². The molecule has 3 heteroatoms. The van der Waals surface area contributed by atoms with Crippen molar-refractivity contribution in [2.24, 2.45) is 5.92 Å². The first-order valence-corrected chi connectivity index (χ1v) is 6.72. The Kier molecular flexibility index (Phi) is 4.37. The highest BCUT2D eigenvalue weighted by atomic mass is 16.3. The molecule has 0 unspecified atom stereocenters. The summed E-state index contributed by atoms with van der Waals surface area (Å²) in [6.45, 7) is 1.98. The summed E-state index contributed by atoms with van der Waals surface area (Å²) >= 11 is 0. The number of carbonyl (C=O) groups is 1. The molecule has 1 aromatic carbocycles. The summed E-state index contributed by atoms with van der Waals surface area (Å²) in [6, 6.07) is 9.82. The van der Waals surface area contributed by atoms with Gasteiger partial charge in [-0.3, -0.25) is 4.79 Å². The number of amides is 1. The van der Waals surface area contributed by atoms with Gasteiger partial charge in [0.1, 0.15) is 0 Å². The Labute approximate surface area is 108 Å². The average Bonchev–Trinajstić information content (AvgIpc) is 3.22. The smallest absolute Gasteiger partial charge is 0.228 e. The molecule has 1 aromatic rings. The minimum Gasteiger partial charge on any atom is -0.394 e. The molecule has 2 atom stereocenters. The quantitative estimate of drug-likeness (QED) is 0.808. The molecule has 0 spiro atoms. The van der Waals surface area contributed by atoms with Crippen LogP contribution in [0.2, 0.25) is 0 Å². The van der Waals surface area contributed by atoms with Gasteiger partial charge in [-0.25, -0.2) is 0 Å². The third kappa shape index (κ3) is 3.10. The van der Waals surface area contributed by atoms with E-state index in [2.05, 4.69) is 5.32 Å². The molecule has 0 saturated heterocycles. The molecule has 0 bridgehead atoms. The van der Waals surface area contributed by atoms with Crippen molar-refractivity contribution >= 4 is 5.91 Å². The SMILES string of the molecule is CC[C@H](CO)NC(=O)[C@H](c1ccccc1)C1CC1. The van der Waals surface area contributed by atoms with Crippen LogP contribution in [0.15, 0.2) is 30.3 Å². The van der Waals surface area contributed by atoms with Crippen LogP contribution in [0.5, 0.6) is 0 Å². The number of aliphatic hydroxyl groups is 1. The molecule has 18 heavy (non-hydrogen) atoms. The lowest BCUT2D eigenvalue weighted by molar-refractivity contribution is -0.124. The van der Waals surface area contributed by atoms with Crippen molar-refractivity contribution in [3.8, 4) is 0 Å². The van der Waals surface area contributed by atoms with E-state index in [9.17, 15) is 4.79 Å². The zero-order valence-corrected chi connectivity index (χ0v) is 10.8. The van der Waals surface area contributed by atoms with Crippen molar-refractivity contribution in [2.75, 3.05) is 6.61 Å². The lowest BCUT2D eigenvalue weighted by Crippen LogP contribution is -2.40. The summed E-state index contributed by atoms with van der Waals surface area (Å²) in [4.78, 5) is 12.3. The molecule has 0 radical (unpaired) electrons. The predicted octanol–water partition coefficient (Wildman–Crippen LogP) is 2.07. The van der Waals surface area contributed by atoms with Gasteiger partial charge in [-0.2, -0.15) is 0 Å². The second kappa shape index (κ2) is 6.01. The zero-order valence-electron chi connectivity index (χ0n) is 10.8. The highest BCUT2D eigenvalue weighted by molar-refractivity contribution is 5.84. The van der Waals surface area contributed by atoms with Crippen LogP contribution < -0.4 is 5.32 Å². The topological polar surface area (TPSA) is 49.3 Å². The summed E-state index contributed by atoms with van der Waals surface area (Å²) in [5, 5.41) is 12.1. The van der Waals surface area contributed by atoms with Gasteiger partial charge in [-0.05, 0) is 30.7 Å². The van der Waals surface area contributed by atoms with Gasteiger partial charge >= 0.3 is 0 Å². The minimum atomic E-state index is -0.123. The van der Waals surface area contributed by atoms with E-state index in [0.717, 1.165) is 24.8 Å². The van der Waals surface area contributed by atoms with Crippen LogP contribution in [0.1, 0.15) is 37.7 Å². The largest absolute Gasteiger partial charge is 0.394 e. The van der Waals surface area contributed by atoms with Crippen molar-refractivity contribution in [3.63, 3.8) is 0 Å². The summed E-state index contributed by atoms with van der Waals surface area (Å²) in [7, 11) is 0. The lowest BCUT2D eigenvalue weighted by Gasteiger charge is -2.20. The van der Waals surface area contributed by atoms with E-state index in [-0.39, 0.29) is 24.5 Å². The van der Waals surface area contributed by atoms with Gasteiger partial charge < -0.3 is 10.4 Å². The zero-order chi connectivity index (χ0) is 13.0. The standard InChI is InChI=1S/C15H21NO2/c1-2-13(10-17)16-15(18)14(12-8-9-12)11-6-4-3-5-7-11/h3-7,12-14,17H,2,8-10H2,1H3,(H,16,18)/t13-,14-/m1/s1. The van der Waals surface area contributed by atoms with Crippen LogP contribution in [0.4, 0.5) is 0 Å². The van der Waals surface area contributed by atoms with E-state index >= 15 is 0 Å². The Morgan fingerprint density at radius 3 is 2.56 bits per heavy atom. The van der Waals surface area contributed by atoms with Gasteiger partial charge in [0.2, 0.25) is 5.91 Å². The number of nitrogens with one attached hydrogen (secondary N) is 1. The fourth-order valence-electron chi connectivity index (χ4n) is 2.30. The molecule has 98 valence electrons. The predicted molar refractivity (Wildman–Crippen MR) is 71.2 cm³/mol. The van der Waals surface area contributed by atoms with Crippen LogP contribution in [0, 0.1) is 5.92 Å². The molecule has 0 aromatic heterocycles. The molecular formula is C15H21NO2. The van der Waals surface area contributed by atoms with E-state index in [0.29, 0.717) is 5.92 Å². The molecular weight excluding hydrogens is 226 g/mol. The second-order valence-corrected chi connectivity index (χ2v) is 5.02. The number of hydrogen-bond donors (Lipinski definition) is 2. The summed E-state index contributed by atoms with van der Waals surface area (Å²) in [5.41, 5.74) is 1.09. The van der Waals surface area contributed by atoms with E-state index < -0.39 is 0 Å². The van der Waals surface area contributed by atoms with Crippen LogP contribution in [0.25, 0.3) is 0 Å². The highest BCUT2D eigenvalue weighted by Gasteiger charge is 2.37. The van der Waals surface area contributed by atoms with Crippen molar-refractivity contribution in [3.05, 3.63) is 35.9 Å². The highest BCUT2D eigenvalue weighted by Crippen LogP contribution is 2.42. The molecule has 2 N–H and O–H groups in total. The first kappa shape index (κ1) is 13.1. The van der Waals surface area contributed by atoms with Gasteiger partial charge in [-0.1, -0.05) is 37.3 Å². The monoisotopic (exact) mass is 247 g/mol. The molecule has 1 saturated carbocycles. The van der Waals surface area contributed by atoms with E-state index in [1.807, 2.05) is 37.3 Å². The van der Waals surface area contributed by atoms with E-state index in [1.165, 1.54) is 0 Å². The van der Waals surface area contributed by atoms with Crippen molar-refractivity contribution in [1.82, 2.24) is 5.32 Å². The number of benzene rings is 1. The van der Waals surface area contributed by atoms with Gasteiger partial charge in [0, 0.05) is 0 Å². The molecule has 1 fully saturated rings. The molecule has 2 rings (SSSR count). The fourth-order valence-corrected chi connectivity index (χ4v) is 2.30. The van der Waals surface area contributed by atoms with Crippen LogP contribution in [0.3, 0.4) is 0 Å². The normalized spacial score (nSPS) is 18.1. The molecule has 1 aliphatic carbocycles. The maximum atomic E-state index is 12.3. The van der Waals surface area contributed by atoms with Crippen molar-refractivity contribution in [2.45, 2.75) is 38.1 Å². The number of rotatable bonds is 6. The maximum Gasteiger partial charge on any atom is 0.228 e. The van der Waals surface area contributed by atoms with E-state index in [1.54, 1.807) is 0 Å². The Hall–Kier alpha value is -1.35.